The minimum Gasteiger partial charge on any atom is -0.466 e. The summed E-state index contributed by atoms with van der Waals surface area (Å²) in [6, 6.07) is 7.31. The summed E-state index contributed by atoms with van der Waals surface area (Å²) in [4.78, 5) is 41.4. The maximum atomic E-state index is 12.6. The number of carbonyl (C=O) groups is 2. The summed E-state index contributed by atoms with van der Waals surface area (Å²) in [5.41, 5.74) is 2.54. The first-order valence-corrected chi connectivity index (χ1v) is 14.3. The molecule has 3 aromatic rings. The number of imidazole rings is 1. The summed E-state index contributed by atoms with van der Waals surface area (Å²) in [7, 11) is 0. The summed E-state index contributed by atoms with van der Waals surface area (Å²) in [5, 5.41) is 4.35. The second-order valence-electron chi connectivity index (χ2n) is 10.4. The SMILES string of the molecule is CCOC(=O)C1Cc2nc(-c3ccc(Cl)c(Cl)c3)n(-c3ccnc(N[C@@H]4CCCN(C(=O)C5CC5)C4)n3)c2C1. The molecule has 9 nitrogen and oxygen atoms in total. The number of halogens is 2. The fraction of sp³-hybridized carbons (Fsp3) is 0.464. The first-order valence-electron chi connectivity index (χ1n) is 13.5. The smallest absolute Gasteiger partial charge is 0.309 e. The van der Waals surface area contributed by atoms with Gasteiger partial charge in [-0.25, -0.2) is 9.97 Å². The Hall–Kier alpha value is -3.17. The Morgan fingerprint density at radius 1 is 1.08 bits per heavy atom. The van der Waals surface area contributed by atoms with E-state index in [1.54, 1.807) is 18.3 Å². The number of ether oxygens (including phenoxy) is 1. The van der Waals surface area contributed by atoms with E-state index in [1.807, 2.05) is 28.5 Å². The fourth-order valence-corrected chi connectivity index (χ4v) is 5.82. The second kappa shape index (κ2) is 10.8. The molecular formula is C28H30Cl2N6O3. The lowest BCUT2D eigenvalue weighted by atomic mass is 10.1. The molecule has 0 bridgehead atoms. The van der Waals surface area contributed by atoms with Crippen LogP contribution in [0.25, 0.3) is 17.2 Å². The zero-order valence-corrected chi connectivity index (χ0v) is 23.2. The van der Waals surface area contributed by atoms with Crippen LogP contribution in [0.3, 0.4) is 0 Å². The normalized spacial score (nSPS) is 20.5. The third kappa shape index (κ3) is 5.34. The minimum atomic E-state index is -0.284. The topological polar surface area (TPSA) is 102 Å². The lowest BCUT2D eigenvalue weighted by molar-refractivity contribution is -0.147. The highest BCUT2D eigenvalue weighted by Gasteiger charge is 2.36. The standard InChI is InChI=1S/C28H30Cl2N6O3/c1-2-39-27(38)18-13-22-23(14-18)36(25(33-22)17-7-8-20(29)21(30)12-17)24-9-10-31-28(34-24)32-19-4-3-11-35(15-19)26(37)16-5-6-16/h7-10,12,16,18-19H,2-6,11,13-15H2,1H3,(H,31,32,34)/t18?,19-/m1/s1. The molecule has 204 valence electrons. The molecule has 6 rings (SSSR count). The van der Waals surface area contributed by atoms with Gasteiger partial charge in [-0.15, -0.1) is 0 Å². The van der Waals surface area contributed by atoms with Crippen molar-refractivity contribution in [2.45, 2.75) is 51.5 Å². The first-order chi connectivity index (χ1) is 18.9. The lowest BCUT2D eigenvalue weighted by Crippen LogP contribution is -2.45. The number of rotatable bonds is 7. The number of piperidine rings is 1. The maximum absolute atomic E-state index is 12.6. The molecule has 2 fully saturated rings. The number of hydrogen-bond acceptors (Lipinski definition) is 7. The van der Waals surface area contributed by atoms with Gasteiger partial charge in [0.1, 0.15) is 11.6 Å². The summed E-state index contributed by atoms with van der Waals surface area (Å²) in [5.74, 6) is 1.77. The van der Waals surface area contributed by atoms with Crippen molar-refractivity contribution in [2.75, 3.05) is 25.0 Å². The van der Waals surface area contributed by atoms with Gasteiger partial charge < -0.3 is 15.0 Å². The van der Waals surface area contributed by atoms with Gasteiger partial charge in [0.2, 0.25) is 11.9 Å². The number of nitrogens with one attached hydrogen (secondary N) is 1. The molecule has 1 aliphatic heterocycles. The summed E-state index contributed by atoms with van der Waals surface area (Å²) >= 11 is 12.5. The number of nitrogens with zero attached hydrogens (tertiary/aromatic N) is 5. The van der Waals surface area contributed by atoms with Crippen molar-refractivity contribution in [3.05, 3.63) is 51.9 Å². The number of anilines is 1. The van der Waals surface area contributed by atoms with E-state index in [9.17, 15) is 9.59 Å². The van der Waals surface area contributed by atoms with Crippen LogP contribution in [0.1, 0.15) is 44.0 Å². The van der Waals surface area contributed by atoms with Crippen LogP contribution in [0.2, 0.25) is 10.0 Å². The van der Waals surface area contributed by atoms with Crippen LogP contribution >= 0.6 is 23.2 Å². The monoisotopic (exact) mass is 568 g/mol. The zero-order chi connectivity index (χ0) is 27.1. The molecule has 39 heavy (non-hydrogen) atoms. The quantitative estimate of drug-likeness (QED) is 0.411. The fourth-order valence-electron chi connectivity index (χ4n) is 5.52. The average Bonchev–Trinajstić information content (AvgIpc) is 3.60. The Labute approximate surface area is 236 Å². The van der Waals surface area contributed by atoms with Crippen LogP contribution in [-0.2, 0) is 27.2 Å². The van der Waals surface area contributed by atoms with Crippen LogP contribution in [-0.4, -0.2) is 62.0 Å². The number of aromatic nitrogens is 4. The van der Waals surface area contributed by atoms with E-state index in [1.165, 1.54) is 0 Å². The van der Waals surface area contributed by atoms with E-state index in [0.29, 0.717) is 53.6 Å². The average molecular weight is 569 g/mol. The van der Waals surface area contributed by atoms with Gasteiger partial charge in [-0.2, -0.15) is 4.98 Å². The van der Waals surface area contributed by atoms with E-state index in [2.05, 4.69) is 10.3 Å². The molecule has 2 aliphatic carbocycles. The third-order valence-electron chi connectivity index (χ3n) is 7.60. The molecule has 1 unspecified atom stereocenters. The molecule has 1 amide bonds. The van der Waals surface area contributed by atoms with Gasteiger partial charge in [0.25, 0.3) is 0 Å². The number of benzene rings is 1. The van der Waals surface area contributed by atoms with Crippen molar-refractivity contribution in [1.82, 2.24) is 24.4 Å². The van der Waals surface area contributed by atoms with Crippen LogP contribution in [0, 0.1) is 11.8 Å². The van der Waals surface area contributed by atoms with E-state index < -0.39 is 0 Å². The number of likely N-dealkylation sites (tertiary alicyclic amines) is 1. The van der Waals surface area contributed by atoms with Crippen molar-refractivity contribution in [2.24, 2.45) is 11.8 Å². The van der Waals surface area contributed by atoms with Gasteiger partial charge in [-0.3, -0.25) is 14.2 Å². The van der Waals surface area contributed by atoms with Gasteiger partial charge in [0.05, 0.1) is 28.3 Å². The van der Waals surface area contributed by atoms with E-state index in [-0.39, 0.29) is 29.8 Å². The molecule has 2 aromatic heterocycles. The Kier molecular flexibility index (Phi) is 7.20. The first kappa shape index (κ1) is 26.1. The molecule has 1 N–H and O–H groups in total. The van der Waals surface area contributed by atoms with Crippen molar-refractivity contribution >= 4 is 41.0 Å². The predicted molar refractivity (Wildman–Crippen MR) is 148 cm³/mol. The highest BCUT2D eigenvalue weighted by molar-refractivity contribution is 6.42. The van der Waals surface area contributed by atoms with Crippen LogP contribution in [0.15, 0.2) is 30.5 Å². The molecule has 2 atom stereocenters. The van der Waals surface area contributed by atoms with Gasteiger partial charge in [-0.05, 0) is 56.9 Å². The lowest BCUT2D eigenvalue weighted by Gasteiger charge is -2.33. The van der Waals surface area contributed by atoms with Gasteiger partial charge in [0, 0.05) is 55.3 Å². The predicted octanol–water partition coefficient (Wildman–Crippen LogP) is 4.73. The van der Waals surface area contributed by atoms with Crippen LogP contribution < -0.4 is 5.32 Å². The Morgan fingerprint density at radius 2 is 1.92 bits per heavy atom. The third-order valence-corrected chi connectivity index (χ3v) is 8.33. The molecule has 1 saturated carbocycles. The number of carbonyl (C=O) groups excluding carboxylic acids is 2. The van der Waals surface area contributed by atoms with Gasteiger partial charge >= 0.3 is 5.97 Å². The maximum Gasteiger partial charge on any atom is 0.309 e. The Morgan fingerprint density at radius 3 is 2.69 bits per heavy atom. The summed E-state index contributed by atoms with van der Waals surface area (Å²) in [6.07, 6.45) is 6.61. The highest BCUT2D eigenvalue weighted by atomic mass is 35.5. The molecule has 3 aliphatic rings. The number of esters is 1. The van der Waals surface area contributed by atoms with Crippen molar-refractivity contribution < 1.29 is 14.3 Å². The number of fused-ring (bicyclic) bond motifs is 1. The van der Waals surface area contributed by atoms with Crippen molar-refractivity contribution in [1.29, 1.82) is 0 Å². The van der Waals surface area contributed by atoms with Crippen molar-refractivity contribution in [3.8, 4) is 17.2 Å². The largest absolute Gasteiger partial charge is 0.466 e. The van der Waals surface area contributed by atoms with Gasteiger partial charge in [-0.1, -0.05) is 23.2 Å². The molecule has 1 saturated heterocycles. The van der Waals surface area contributed by atoms with Crippen LogP contribution in [0.4, 0.5) is 5.95 Å². The highest BCUT2D eigenvalue weighted by Crippen LogP contribution is 2.36. The van der Waals surface area contributed by atoms with E-state index in [0.717, 1.165) is 49.2 Å². The zero-order valence-electron chi connectivity index (χ0n) is 21.7. The molecule has 0 spiro atoms. The summed E-state index contributed by atoms with van der Waals surface area (Å²) in [6.45, 7) is 3.61. The molecule has 11 heteroatoms. The second-order valence-corrected chi connectivity index (χ2v) is 11.2. The molecule has 1 aromatic carbocycles. The number of hydrogen-bond donors (Lipinski definition) is 1. The molecule has 3 heterocycles. The minimum absolute atomic E-state index is 0.0768. The summed E-state index contributed by atoms with van der Waals surface area (Å²) < 4.78 is 7.27. The van der Waals surface area contributed by atoms with E-state index >= 15 is 0 Å². The van der Waals surface area contributed by atoms with Gasteiger partial charge in [0.15, 0.2) is 0 Å². The van der Waals surface area contributed by atoms with E-state index in [4.69, 9.17) is 37.9 Å². The van der Waals surface area contributed by atoms with Crippen LogP contribution in [0.5, 0.6) is 0 Å². The Balaban J connectivity index is 1.31. The molecule has 0 radical (unpaired) electrons. The molecular weight excluding hydrogens is 539 g/mol. The Bertz CT molecular complexity index is 1420. The number of amides is 1. The van der Waals surface area contributed by atoms with Crippen molar-refractivity contribution in [3.63, 3.8) is 0 Å².